The number of aromatic nitrogens is 6. The molecule has 0 radical (unpaired) electrons. The van der Waals surface area contributed by atoms with E-state index < -0.39 is 0 Å². The van der Waals surface area contributed by atoms with Crippen molar-refractivity contribution in [3.63, 3.8) is 0 Å². The molecule has 194 valence electrons. The van der Waals surface area contributed by atoms with Crippen molar-refractivity contribution >= 4 is 21.9 Å². The van der Waals surface area contributed by atoms with Gasteiger partial charge in [-0.25, -0.2) is 9.37 Å². The molecule has 1 aromatic carbocycles. The standard InChI is InChI=1S/C31H27FN6O/c1-18-9-19(11-21(32)10-18)25-16-34-17-29-24(25)13-28(35-29)31-30-27(37-38-31)8-7-26(36-30)20-12-23(15-33-14-20)39-22-5-3-2-4-6-22/h7-17,22,35H,2-6H2,1H3,(H,37,38). The van der Waals surface area contributed by atoms with Crippen molar-refractivity contribution in [2.45, 2.75) is 45.1 Å². The quantitative estimate of drug-likeness (QED) is 0.248. The van der Waals surface area contributed by atoms with Crippen LogP contribution in [0.25, 0.3) is 55.7 Å². The van der Waals surface area contributed by atoms with Crippen LogP contribution in [0.15, 0.2) is 67.3 Å². The fraction of sp³-hybridized carbons (Fsp3) is 0.226. The van der Waals surface area contributed by atoms with Crippen LogP contribution in [0, 0.1) is 12.7 Å². The van der Waals surface area contributed by atoms with E-state index in [1.165, 1.54) is 31.4 Å². The molecule has 7 rings (SSSR count). The number of nitrogens with one attached hydrogen (secondary N) is 2. The minimum atomic E-state index is -0.268. The third-order valence-electron chi connectivity index (χ3n) is 7.43. The van der Waals surface area contributed by atoms with E-state index in [4.69, 9.17) is 9.72 Å². The summed E-state index contributed by atoms with van der Waals surface area (Å²) in [4.78, 5) is 17.2. The van der Waals surface area contributed by atoms with Gasteiger partial charge in [0.25, 0.3) is 0 Å². The summed E-state index contributed by atoms with van der Waals surface area (Å²) in [6.45, 7) is 1.88. The smallest absolute Gasteiger partial charge is 0.138 e. The van der Waals surface area contributed by atoms with Crippen LogP contribution in [0.3, 0.4) is 0 Å². The molecule has 5 aromatic heterocycles. The van der Waals surface area contributed by atoms with Crippen LogP contribution in [0.5, 0.6) is 5.75 Å². The molecule has 0 spiro atoms. The van der Waals surface area contributed by atoms with Gasteiger partial charge in [0.2, 0.25) is 0 Å². The molecule has 0 amide bonds. The number of aryl methyl sites for hydroxylation is 1. The Kier molecular flexibility index (Phi) is 5.80. The monoisotopic (exact) mass is 518 g/mol. The first kappa shape index (κ1) is 23.5. The summed E-state index contributed by atoms with van der Waals surface area (Å²) in [6, 6.07) is 13.0. The summed E-state index contributed by atoms with van der Waals surface area (Å²) in [5.74, 6) is 0.507. The van der Waals surface area contributed by atoms with Crippen LogP contribution in [-0.4, -0.2) is 36.2 Å². The van der Waals surface area contributed by atoms with Crippen molar-refractivity contribution in [3.8, 4) is 39.5 Å². The summed E-state index contributed by atoms with van der Waals surface area (Å²) in [5, 5.41) is 8.62. The maximum absolute atomic E-state index is 14.2. The Bertz CT molecular complexity index is 1800. The number of hydrogen-bond acceptors (Lipinski definition) is 5. The molecule has 0 aliphatic heterocycles. The second-order valence-corrected chi connectivity index (χ2v) is 10.3. The molecule has 1 fully saturated rings. The third-order valence-corrected chi connectivity index (χ3v) is 7.43. The lowest BCUT2D eigenvalue weighted by atomic mass is 9.98. The number of nitrogens with zero attached hydrogens (tertiary/aromatic N) is 4. The van der Waals surface area contributed by atoms with Crippen LogP contribution in [0.2, 0.25) is 0 Å². The average molecular weight is 519 g/mol. The average Bonchev–Trinajstić information content (AvgIpc) is 3.57. The van der Waals surface area contributed by atoms with E-state index in [0.29, 0.717) is 5.69 Å². The molecule has 2 N–H and O–H groups in total. The Labute approximate surface area is 224 Å². The summed E-state index contributed by atoms with van der Waals surface area (Å²) in [5.41, 5.74) is 8.09. The van der Waals surface area contributed by atoms with Crippen molar-refractivity contribution in [2.75, 3.05) is 0 Å². The highest BCUT2D eigenvalue weighted by atomic mass is 19.1. The van der Waals surface area contributed by atoms with Gasteiger partial charge in [-0.1, -0.05) is 12.5 Å². The maximum atomic E-state index is 14.2. The van der Waals surface area contributed by atoms with E-state index in [1.807, 2.05) is 43.5 Å². The normalized spacial score (nSPS) is 14.3. The Balaban J connectivity index is 1.26. The zero-order chi connectivity index (χ0) is 26.3. The number of rotatable bonds is 5. The first-order valence-corrected chi connectivity index (χ1v) is 13.3. The molecule has 1 aliphatic rings. The number of benzene rings is 1. The maximum Gasteiger partial charge on any atom is 0.138 e. The Morgan fingerprint density at radius 2 is 1.74 bits per heavy atom. The van der Waals surface area contributed by atoms with Gasteiger partial charge in [0.15, 0.2) is 0 Å². The van der Waals surface area contributed by atoms with Gasteiger partial charge in [0.05, 0.1) is 40.9 Å². The summed E-state index contributed by atoms with van der Waals surface area (Å²) in [6.07, 6.45) is 13.3. The molecule has 1 aliphatic carbocycles. The zero-order valence-electron chi connectivity index (χ0n) is 21.5. The lowest BCUT2D eigenvalue weighted by Gasteiger charge is -2.22. The minimum Gasteiger partial charge on any atom is -0.489 e. The van der Waals surface area contributed by atoms with E-state index in [1.54, 1.807) is 18.6 Å². The second-order valence-electron chi connectivity index (χ2n) is 10.3. The van der Waals surface area contributed by atoms with Gasteiger partial charge in [0, 0.05) is 28.9 Å². The molecule has 0 bridgehead atoms. The predicted molar refractivity (Wildman–Crippen MR) is 150 cm³/mol. The molecule has 1 saturated carbocycles. The second kappa shape index (κ2) is 9.62. The van der Waals surface area contributed by atoms with E-state index in [-0.39, 0.29) is 11.9 Å². The number of hydrogen-bond donors (Lipinski definition) is 2. The lowest BCUT2D eigenvalue weighted by molar-refractivity contribution is 0.154. The zero-order valence-corrected chi connectivity index (χ0v) is 21.5. The highest BCUT2D eigenvalue weighted by molar-refractivity contribution is 6.00. The van der Waals surface area contributed by atoms with E-state index >= 15 is 0 Å². The van der Waals surface area contributed by atoms with Crippen molar-refractivity contribution in [2.24, 2.45) is 0 Å². The third kappa shape index (κ3) is 4.52. The van der Waals surface area contributed by atoms with Gasteiger partial charge in [-0.3, -0.25) is 15.1 Å². The lowest BCUT2D eigenvalue weighted by Crippen LogP contribution is -2.19. The van der Waals surface area contributed by atoms with Crippen LogP contribution in [-0.2, 0) is 0 Å². The fourth-order valence-electron chi connectivity index (χ4n) is 5.55. The SMILES string of the molecule is Cc1cc(F)cc(-c2cncc3[nH]c(-c4n[nH]c5ccc(-c6cncc(OC7CCCCC7)c6)nc45)cc23)c1. The Morgan fingerprint density at radius 3 is 2.62 bits per heavy atom. The molecule has 0 saturated heterocycles. The van der Waals surface area contributed by atoms with Gasteiger partial charge in [-0.05, 0) is 80.1 Å². The van der Waals surface area contributed by atoms with Crippen molar-refractivity contribution in [1.29, 1.82) is 0 Å². The summed E-state index contributed by atoms with van der Waals surface area (Å²) >= 11 is 0. The van der Waals surface area contributed by atoms with Gasteiger partial charge in [0.1, 0.15) is 22.8 Å². The summed E-state index contributed by atoms with van der Waals surface area (Å²) < 4.78 is 20.4. The number of halogens is 1. The van der Waals surface area contributed by atoms with Crippen LogP contribution >= 0.6 is 0 Å². The van der Waals surface area contributed by atoms with Crippen LogP contribution in [0.4, 0.5) is 4.39 Å². The highest BCUT2D eigenvalue weighted by Crippen LogP contribution is 2.34. The number of H-pyrrole nitrogens is 2. The fourth-order valence-corrected chi connectivity index (χ4v) is 5.55. The first-order valence-electron chi connectivity index (χ1n) is 13.3. The summed E-state index contributed by atoms with van der Waals surface area (Å²) in [7, 11) is 0. The Morgan fingerprint density at radius 1 is 0.872 bits per heavy atom. The van der Waals surface area contributed by atoms with E-state index in [0.717, 1.165) is 74.2 Å². The number of aromatic amines is 2. The van der Waals surface area contributed by atoms with Crippen molar-refractivity contribution in [3.05, 3.63) is 78.6 Å². The molecule has 0 atom stereocenters. The molecular formula is C31H27FN6O. The van der Waals surface area contributed by atoms with Gasteiger partial charge in [-0.2, -0.15) is 5.10 Å². The molecule has 39 heavy (non-hydrogen) atoms. The molecule has 5 heterocycles. The molecule has 8 heteroatoms. The van der Waals surface area contributed by atoms with Crippen LogP contribution in [0.1, 0.15) is 37.7 Å². The largest absolute Gasteiger partial charge is 0.489 e. The molecule has 6 aromatic rings. The van der Waals surface area contributed by atoms with Gasteiger partial charge >= 0.3 is 0 Å². The minimum absolute atomic E-state index is 0.254. The van der Waals surface area contributed by atoms with Crippen molar-refractivity contribution < 1.29 is 9.13 Å². The van der Waals surface area contributed by atoms with Gasteiger partial charge in [-0.15, -0.1) is 0 Å². The number of pyridine rings is 3. The number of ether oxygens (including phenoxy) is 1. The van der Waals surface area contributed by atoms with Crippen LogP contribution < -0.4 is 4.74 Å². The van der Waals surface area contributed by atoms with E-state index in [9.17, 15) is 4.39 Å². The Hall–Kier alpha value is -4.59. The molecule has 0 unspecified atom stereocenters. The molecular weight excluding hydrogens is 491 g/mol. The van der Waals surface area contributed by atoms with E-state index in [2.05, 4.69) is 25.1 Å². The predicted octanol–water partition coefficient (Wildman–Crippen LogP) is 7.39. The first-order chi connectivity index (χ1) is 19.1. The topological polar surface area (TPSA) is 92.4 Å². The van der Waals surface area contributed by atoms with Gasteiger partial charge < -0.3 is 9.72 Å². The molecule has 7 nitrogen and oxygen atoms in total. The number of fused-ring (bicyclic) bond motifs is 2. The van der Waals surface area contributed by atoms with Crippen molar-refractivity contribution in [1.82, 2.24) is 30.1 Å². The highest BCUT2D eigenvalue weighted by Gasteiger charge is 2.18.